The van der Waals surface area contributed by atoms with Crippen LogP contribution >= 0.6 is 0 Å². The van der Waals surface area contributed by atoms with Gasteiger partial charge in [-0.1, -0.05) is 19.8 Å². The number of carbonyl (C=O) groups is 1. The third kappa shape index (κ3) is 1.85. The Hall–Kier alpha value is -0.970. The van der Waals surface area contributed by atoms with E-state index in [0.717, 1.165) is 6.42 Å². The molecule has 1 amide bonds. The molecular formula is C11H17NO. The fraction of sp³-hybridized carbons (Fsp3) is 0.727. The van der Waals surface area contributed by atoms with E-state index in [2.05, 4.69) is 19.8 Å². The van der Waals surface area contributed by atoms with Gasteiger partial charge in [-0.15, -0.1) is 6.42 Å². The first-order valence-electron chi connectivity index (χ1n) is 4.63. The second-order valence-corrected chi connectivity index (χ2v) is 4.54. The topological polar surface area (TPSA) is 20.3 Å². The molecule has 0 aromatic heterocycles. The highest BCUT2D eigenvalue weighted by atomic mass is 16.2. The Bertz CT molecular complexity index is 262. The summed E-state index contributed by atoms with van der Waals surface area (Å²) >= 11 is 0. The number of hydrogen-bond acceptors (Lipinski definition) is 1. The summed E-state index contributed by atoms with van der Waals surface area (Å²) in [7, 11) is 1.78. The third-order valence-electron chi connectivity index (χ3n) is 2.98. The lowest BCUT2D eigenvalue weighted by atomic mass is 10.1. The van der Waals surface area contributed by atoms with Crippen LogP contribution in [0.25, 0.3) is 0 Å². The van der Waals surface area contributed by atoms with Crippen molar-refractivity contribution < 1.29 is 4.79 Å². The number of carbonyl (C=O) groups excluding carboxylic acids is 1. The molecule has 2 heteroatoms. The molecule has 1 saturated carbocycles. The maximum Gasteiger partial charge on any atom is 0.226 e. The molecule has 1 aliphatic rings. The van der Waals surface area contributed by atoms with Gasteiger partial charge in [0.15, 0.2) is 0 Å². The molecule has 0 spiro atoms. The molecule has 0 N–H and O–H groups in total. The molecule has 2 atom stereocenters. The first kappa shape index (κ1) is 10.1. The molecule has 0 aromatic carbocycles. The average Bonchev–Trinajstić information content (AvgIpc) is 2.71. The van der Waals surface area contributed by atoms with Crippen molar-refractivity contribution in [2.45, 2.75) is 33.2 Å². The fourth-order valence-electron chi connectivity index (χ4n) is 1.44. The van der Waals surface area contributed by atoms with E-state index in [1.807, 2.05) is 6.92 Å². The van der Waals surface area contributed by atoms with Gasteiger partial charge in [0, 0.05) is 13.0 Å². The van der Waals surface area contributed by atoms with E-state index in [9.17, 15) is 4.79 Å². The molecule has 0 heterocycles. The Morgan fingerprint density at radius 3 is 2.46 bits per heavy atom. The zero-order chi connectivity index (χ0) is 10.2. The predicted octanol–water partition coefficient (Wildman–Crippen LogP) is 1.51. The minimum atomic E-state index is -0.0936. The Morgan fingerprint density at radius 1 is 1.69 bits per heavy atom. The standard InChI is InChI=1S/C11H17NO/c1-6-8(2)12(5)10(13)9-7-11(9,3)4/h1,8-9H,7H2,2-5H3. The van der Waals surface area contributed by atoms with Gasteiger partial charge in [0.05, 0.1) is 6.04 Å². The third-order valence-corrected chi connectivity index (χ3v) is 2.98. The number of hydrogen-bond donors (Lipinski definition) is 0. The summed E-state index contributed by atoms with van der Waals surface area (Å²) in [5.41, 5.74) is 0.194. The summed E-state index contributed by atoms with van der Waals surface area (Å²) < 4.78 is 0. The molecule has 0 radical (unpaired) electrons. The van der Waals surface area contributed by atoms with Gasteiger partial charge >= 0.3 is 0 Å². The Kier molecular flexibility index (Phi) is 2.38. The van der Waals surface area contributed by atoms with Crippen LogP contribution in [0.15, 0.2) is 0 Å². The SMILES string of the molecule is C#CC(C)N(C)C(=O)C1CC1(C)C. The zero-order valence-corrected chi connectivity index (χ0v) is 8.79. The van der Waals surface area contributed by atoms with Gasteiger partial charge in [-0.05, 0) is 18.8 Å². The smallest absolute Gasteiger partial charge is 0.226 e. The average molecular weight is 179 g/mol. The van der Waals surface area contributed by atoms with Crippen LogP contribution < -0.4 is 0 Å². The number of amides is 1. The lowest BCUT2D eigenvalue weighted by Crippen LogP contribution is -2.36. The van der Waals surface area contributed by atoms with Gasteiger partial charge in [0.1, 0.15) is 0 Å². The lowest BCUT2D eigenvalue weighted by Gasteiger charge is -2.21. The van der Waals surface area contributed by atoms with Crippen molar-refractivity contribution in [2.24, 2.45) is 11.3 Å². The Morgan fingerprint density at radius 2 is 2.15 bits per heavy atom. The monoisotopic (exact) mass is 179 g/mol. The van der Waals surface area contributed by atoms with Gasteiger partial charge < -0.3 is 4.90 Å². The van der Waals surface area contributed by atoms with E-state index >= 15 is 0 Å². The van der Waals surface area contributed by atoms with Crippen molar-refractivity contribution in [2.75, 3.05) is 7.05 Å². The van der Waals surface area contributed by atoms with Crippen LogP contribution in [0.1, 0.15) is 27.2 Å². The second kappa shape index (κ2) is 3.06. The molecule has 2 unspecified atom stereocenters. The van der Waals surface area contributed by atoms with Crippen LogP contribution in [0.2, 0.25) is 0 Å². The highest BCUT2D eigenvalue weighted by molar-refractivity contribution is 5.82. The molecule has 0 saturated heterocycles. The molecule has 13 heavy (non-hydrogen) atoms. The zero-order valence-electron chi connectivity index (χ0n) is 8.79. The Labute approximate surface area is 80.3 Å². The molecular weight excluding hydrogens is 162 g/mol. The summed E-state index contributed by atoms with van der Waals surface area (Å²) in [5.74, 6) is 2.94. The predicted molar refractivity (Wildman–Crippen MR) is 53.0 cm³/mol. The van der Waals surface area contributed by atoms with Crippen LogP contribution in [-0.2, 0) is 4.79 Å². The van der Waals surface area contributed by atoms with E-state index in [4.69, 9.17) is 6.42 Å². The van der Waals surface area contributed by atoms with Gasteiger partial charge in [0.25, 0.3) is 0 Å². The van der Waals surface area contributed by atoms with E-state index < -0.39 is 0 Å². The fourth-order valence-corrected chi connectivity index (χ4v) is 1.44. The largest absolute Gasteiger partial charge is 0.332 e. The van der Waals surface area contributed by atoms with E-state index in [0.29, 0.717) is 0 Å². The normalized spacial score (nSPS) is 25.9. The van der Waals surface area contributed by atoms with Crippen molar-refractivity contribution in [1.82, 2.24) is 4.90 Å². The van der Waals surface area contributed by atoms with Crippen LogP contribution in [0, 0.1) is 23.7 Å². The van der Waals surface area contributed by atoms with Gasteiger partial charge in [-0.25, -0.2) is 0 Å². The molecule has 0 aliphatic heterocycles. The number of rotatable bonds is 2. The molecule has 2 nitrogen and oxygen atoms in total. The number of nitrogens with zero attached hydrogens (tertiary/aromatic N) is 1. The van der Waals surface area contributed by atoms with Gasteiger partial charge in [-0.3, -0.25) is 4.79 Å². The van der Waals surface area contributed by atoms with Crippen LogP contribution in [-0.4, -0.2) is 23.9 Å². The van der Waals surface area contributed by atoms with Gasteiger partial charge in [0.2, 0.25) is 5.91 Å². The summed E-state index contributed by atoms with van der Waals surface area (Å²) in [6, 6.07) is -0.0936. The maximum absolute atomic E-state index is 11.8. The van der Waals surface area contributed by atoms with Crippen molar-refractivity contribution in [3.63, 3.8) is 0 Å². The minimum absolute atomic E-state index is 0.0936. The maximum atomic E-state index is 11.8. The minimum Gasteiger partial charge on any atom is -0.332 e. The van der Waals surface area contributed by atoms with E-state index in [1.54, 1.807) is 11.9 Å². The van der Waals surface area contributed by atoms with E-state index in [-0.39, 0.29) is 23.3 Å². The van der Waals surface area contributed by atoms with Crippen LogP contribution in [0.4, 0.5) is 0 Å². The lowest BCUT2D eigenvalue weighted by molar-refractivity contribution is -0.132. The van der Waals surface area contributed by atoms with Crippen LogP contribution in [0.3, 0.4) is 0 Å². The van der Waals surface area contributed by atoms with Gasteiger partial charge in [-0.2, -0.15) is 0 Å². The van der Waals surface area contributed by atoms with Crippen molar-refractivity contribution >= 4 is 5.91 Å². The van der Waals surface area contributed by atoms with Crippen LogP contribution in [0.5, 0.6) is 0 Å². The molecule has 1 aliphatic carbocycles. The molecule has 0 aromatic rings. The molecule has 1 rings (SSSR count). The molecule has 72 valence electrons. The molecule has 0 bridgehead atoms. The summed E-state index contributed by atoms with van der Waals surface area (Å²) in [6.07, 6.45) is 6.25. The summed E-state index contributed by atoms with van der Waals surface area (Å²) in [4.78, 5) is 13.4. The quantitative estimate of drug-likeness (QED) is 0.588. The highest BCUT2D eigenvalue weighted by Gasteiger charge is 2.51. The first-order chi connectivity index (χ1) is 5.90. The second-order valence-electron chi connectivity index (χ2n) is 4.54. The van der Waals surface area contributed by atoms with Crippen molar-refractivity contribution in [1.29, 1.82) is 0 Å². The van der Waals surface area contributed by atoms with Crippen molar-refractivity contribution in [3.8, 4) is 12.3 Å². The highest BCUT2D eigenvalue weighted by Crippen LogP contribution is 2.52. The molecule has 1 fully saturated rings. The number of terminal acetylenes is 1. The summed E-state index contributed by atoms with van der Waals surface area (Å²) in [5, 5.41) is 0. The van der Waals surface area contributed by atoms with Crippen molar-refractivity contribution in [3.05, 3.63) is 0 Å². The Balaban J connectivity index is 2.56. The summed E-state index contributed by atoms with van der Waals surface area (Å²) in [6.45, 7) is 6.10. The van der Waals surface area contributed by atoms with E-state index in [1.165, 1.54) is 0 Å². The first-order valence-corrected chi connectivity index (χ1v) is 4.63.